The minimum atomic E-state index is -3.66. The van der Waals surface area contributed by atoms with Crippen molar-refractivity contribution in [1.82, 2.24) is 14.9 Å². The smallest absolute Gasteiger partial charge is 0.309 e. The molecule has 8 heteroatoms. The molecule has 0 saturated carbocycles. The van der Waals surface area contributed by atoms with E-state index in [0.29, 0.717) is 17.9 Å². The van der Waals surface area contributed by atoms with Gasteiger partial charge in [0.05, 0.1) is 4.90 Å². The Morgan fingerprint density at radius 2 is 1.59 bits per heavy atom. The fourth-order valence-corrected chi connectivity index (χ4v) is 6.91. The van der Waals surface area contributed by atoms with Crippen molar-refractivity contribution in [1.29, 1.82) is 0 Å². The van der Waals surface area contributed by atoms with Crippen LogP contribution in [0.5, 0.6) is 0 Å². The van der Waals surface area contributed by atoms with Crippen LogP contribution in [-0.2, 0) is 26.2 Å². The third-order valence-corrected chi connectivity index (χ3v) is 8.67. The molecule has 1 aliphatic heterocycles. The number of carbonyl (C=O) groups excluding carboxylic acids is 2. The lowest BCUT2D eigenvalue weighted by atomic mass is 10.0. The summed E-state index contributed by atoms with van der Waals surface area (Å²) in [6.45, 7) is 8.56. The third kappa shape index (κ3) is 6.04. The number of sulfonamides is 1. The van der Waals surface area contributed by atoms with Gasteiger partial charge in [-0.2, -0.15) is 4.31 Å². The maximum atomic E-state index is 13.6. The second-order valence-electron chi connectivity index (χ2n) is 9.15. The number of carbonyl (C=O) groups is 2. The molecule has 0 radical (unpaired) electrons. The fraction of sp³-hybridized carbons (Fsp3) is 0.462. The van der Waals surface area contributed by atoms with Gasteiger partial charge >= 0.3 is 11.8 Å². The monoisotopic (exact) mass is 485 g/mol. The van der Waals surface area contributed by atoms with Crippen molar-refractivity contribution in [3.05, 3.63) is 64.2 Å². The summed E-state index contributed by atoms with van der Waals surface area (Å²) in [5.41, 5.74) is 4.53. The van der Waals surface area contributed by atoms with E-state index in [1.165, 1.54) is 0 Å². The molecule has 2 aromatic carbocycles. The highest BCUT2D eigenvalue weighted by atomic mass is 32.2. The normalized spacial score (nSPS) is 16.8. The zero-order valence-electron chi connectivity index (χ0n) is 20.5. The average Bonchev–Trinajstić information content (AvgIpc) is 2.77. The van der Waals surface area contributed by atoms with Crippen LogP contribution < -0.4 is 10.6 Å². The van der Waals surface area contributed by atoms with Gasteiger partial charge in [-0.3, -0.25) is 9.59 Å². The average molecular weight is 486 g/mol. The number of piperidine rings is 1. The second-order valence-corrected chi connectivity index (χ2v) is 11.0. The van der Waals surface area contributed by atoms with E-state index in [2.05, 4.69) is 10.6 Å². The standard InChI is InChI=1S/C26H35N3O4S/c1-18-15-20(3)24(21(4)16-18)34(32,33)29-14-8-7-11-23(29)12-13-27-25(30)26(31)28-17-22-10-6-5-9-19(22)2/h5-6,9-10,15-16,23H,7-8,11-14,17H2,1-4H3,(H,27,30)(H,28,31). The van der Waals surface area contributed by atoms with Gasteiger partial charge in [-0.1, -0.05) is 48.4 Å². The number of aryl methyl sites for hydroxylation is 4. The van der Waals surface area contributed by atoms with Crippen molar-refractivity contribution >= 4 is 21.8 Å². The van der Waals surface area contributed by atoms with Crippen molar-refractivity contribution in [2.24, 2.45) is 0 Å². The van der Waals surface area contributed by atoms with E-state index < -0.39 is 21.8 Å². The number of hydrogen-bond acceptors (Lipinski definition) is 4. The molecular weight excluding hydrogens is 450 g/mol. The van der Waals surface area contributed by atoms with Crippen LogP contribution in [0.1, 0.15) is 53.5 Å². The van der Waals surface area contributed by atoms with Crippen molar-refractivity contribution in [3.63, 3.8) is 0 Å². The molecule has 1 unspecified atom stereocenters. The van der Waals surface area contributed by atoms with E-state index in [4.69, 9.17) is 0 Å². The molecule has 2 N–H and O–H groups in total. The quantitative estimate of drug-likeness (QED) is 0.589. The minimum Gasteiger partial charge on any atom is -0.348 e. The van der Waals surface area contributed by atoms with Gasteiger partial charge in [-0.05, 0) is 69.2 Å². The van der Waals surface area contributed by atoms with Gasteiger partial charge in [-0.25, -0.2) is 8.42 Å². The topological polar surface area (TPSA) is 95.6 Å². The lowest BCUT2D eigenvalue weighted by Crippen LogP contribution is -2.46. The number of rotatable bonds is 7. The molecular formula is C26H35N3O4S. The van der Waals surface area contributed by atoms with Crippen molar-refractivity contribution in [2.45, 2.75) is 70.9 Å². The number of nitrogens with zero attached hydrogens (tertiary/aromatic N) is 1. The fourth-order valence-electron chi connectivity index (χ4n) is 4.77. The van der Waals surface area contributed by atoms with E-state index in [9.17, 15) is 18.0 Å². The Bertz CT molecular complexity index is 1140. The van der Waals surface area contributed by atoms with Gasteiger partial charge in [0.2, 0.25) is 10.0 Å². The molecule has 184 valence electrons. The Morgan fingerprint density at radius 1 is 0.941 bits per heavy atom. The van der Waals surface area contributed by atoms with E-state index in [1.54, 1.807) is 4.31 Å². The first-order chi connectivity index (χ1) is 16.1. The molecule has 0 spiro atoms. The SMILES string of the molecule is Cc1cc(C)c(S(=O)(=O)N2CCCCC2CCNC(=O)C(=O)NCc2ccccc2C)c(C)c1. The summed E-state index contributed by atoms with van der Waals surface area (Å²) in [5, 5.41) is 5.29. The highest BCUT2D eigenvalue weighted by molar-refractivity contribution is 7.89. The zero-order chi connectivity index (χ0) is 24.9. The molecule has 3 rings (SSSR count). The summed E-state index contributed by atoms with van der Waals surface area (Å²) in [4.78, 5) is 24.8. The highest BCUT2D eigenvalue weighted by Crippen LogP contribution is 2.31. The van der Waals surface area contributed by atoms with Crippen LogP contribution in [-0.4, -0.2) is 43.7 Å². The first-order valence-electron chi connectivity index (χ1n) is 11.8. The van der Waals surface area contributed by atoms with Crippen LogP contribution in [0.25, 0.3) is 0 Å². The maximum absolute atomic E-state index is 13.6. The molecule has 1 saturated heterocycles. The van der Waals surface area contributed by atoms with Gasteiger partial charge in [0, 0.05) is 25.7 Å². The van der Waals surface area contributed by atoms with Crippen molar-refractivity contribution < 1.29 is 18.0 Å². The predicted molar refractivity (Wildman–Crippen MR) is 133 cm³/mol. The van der Waals surface area contributed by atoms with Crippen molar-refractivity contribution in [2.75, 3.05) is 13.1 Å². The molecule has 1 aliphatic rings. The Morgan fingerprint density at radius 3 is 2.26 bits per heavy atom. The van der Waals surface area contributed by atoms with E-state index >= 15 is 0 Å². The largest absolute Gasteiger partial charge is 0.348 e. The molecule has 34 heavy (non-hydrogen) atoms. The first kappa shape index (κ1) is 25.9. The van der Waals surface area contributed by atoms with E-state index in [1.807, 2.05) is 64.1 Å². The molecule has 0 aliphatic carbocycles. The predicted octanol–water partition coefficient (Wildman–Crippen LogP) is 3.29. The van der Waals surface area contributed by atoms with Crippen LogP contribution in [0.2, 0.25) is 0 Å². The molecule has 2 aromatic rings. The summed E-state index contributed by atoms with van der Waals surface area (Å²) in [7, 11) is -3.66. The summed E-state index contributed by atoms with van der Waals surface area (Å²) in [6, 6.07) is 11.2. The first-order valence-corrected chi connectivity index (χ1v) is 13.3. The Balaban J connectivity index is 1.59. The van der Waals surface area contributed by atoms with E-state index in [0.717, 1.165) is 47.1 Å². The van der Waals surface area contributed by atoms with Gasteiger partial charge in [0.15, 0.2) is 0 Å². The molecule has 1 heterocycles. The van der Waals surface area contributed by atoms with E-state index in [-0.39, 0.29) is 19.1 Å². The summed E-state index contributed by atoms with van der Waals surface area (Å²) < 4.78 is 28.7. The number of hydrogen-bond donors (Lipinski definition) is 2. The number of amides is 2. The molecule has 0 bridgehead atoms. The van der Waals surface area contributed by atoms with Crippen molar-refractivity contribution in [3.8, 4) is 0 Å². The van der Waals surface area contributed by atoms with Gasteiger partial charge < -0.3 is 10.6 Å². The lowest BCUT2D eigenvalue weighted by Gasteiger charge is -2.35. The third-order valence-electron chi connectivity index (χ3n) is 6.41. The molecule has 2 amide bonds. The van der Waals surface area contributed by atoms with Crippen LogP contribution >= 0.6 is 0 Å². The summed E-state index contributed by atoms with van der Waals surface area (Å²) in [6.07, 6.45) is 2.94. The molecule has 1 atom stereocenters. The highest BCUT2D eigenvalue weighted by Gasteiger charge is 2.35. The minimum absolute atomic E-state index is 0.214. The van der Waals surface area contributed by atoms with Gasteiger partial charge in [-0.15, -0.1) is 0 Å². The summed E-state index contributed by atoms with van der Waals surface area (Å²) in [5.74, 6) is -1.40. The Labute approximate surface area is 203 Å². The number of benzene rings is 2. The Hall–Kier alpha value is -2.71. The summed E-state index contributed by atoms with van der Waals surface area (Å²) >= 11 is 0. The zero-order valence-corrected chi connectivity index (χ0v) is 21.3. The van der Waals surface area contributed by atoms with Crippen LogP contribution in [0, 0.1) is 27.7 Å². The molecule has 7 nitrogen and oxygen atoms in total. The lowest BCUT2D eigenvalue weighted by molar-refractivity contribution is -0.139. The second kappa shape index (κ2) is 11.1. The Kier molecular flexibility index (Phi) is 8.49. The molecule has 0 aromatic heterocycles. The maximum Gasteiger partial charge on any atom is 0.309 e. The number of nitrogens with one attached hydrogen (secondary N) is 2. The van der Waals surface area contributed by atoms with Crippen LogP contribution in [0.3, 0.4) is 0 Å². The van der Waals surface area contributed by atoms with Gasteiger partial charge in [0.1, 0.15) is 0 Å². The van der Waals surface area contributed by atoms with Gasteiger partial charge in [0.25, 0.3) is 0 Å². The van der Waals surface area contributed by atoms with Crippen LogP contribution in [0.4, 0.5) is 0 Å². The van der Waals surface area contributed by atoms with Crippen LogP contribution in [0.15, 0.2) is 41.3 Å². The molecule has 1 fully saturated rings.